The Balaban J connectivity index is 1.49. The van der Waals surface area contributed by atoms with Gasteiger partial charge in [0.25, 0.3) is 0 Å². The van der Waals surface area contributed by atoms with Gasteiger partial charge >= 0.3 is 0 Å². The molecule has 5 rings (SSSR count). The zero-order valence-electron chi connectivity index (χ0n) is 16.8. The molecule has 0 saturated heterocycles. The van der Waals surface area contributed by atoms with E-state index in [2.05, 4.69) is 20.3 Å². The van der Waals surface area contributed by atoms with Gasteiger partial charge in [0.2, 0.25) is 13.0 Å². The molecular weight excluding hydrogens is 418 g/mol. The van der Waals surface area contributed by atoms with Gasteiger partial charge in [0, 0.05) is 36.4 Å². The summed E-state index contributed by atoms with van der Waals surface area (Å²) in [7, 11) is -1.38. The monoisotopic (exact) mass is 436 g/mol. The summed E-state index contributed by atoms with van der Waals surface area (Å²) in [6.45, 7) is 1.95. The van der Waals surface area contributed by atoms with Gasteiger partial charge in [-0.05, 0) is 35.9 Å². The maximum Gasteiger partial charge on any atom is 0.228 e. The topological polar surface area (TPSA) is 87.2 Å². The largest absolute Gasteiger partial charge is 0.329 e. The van der Waals surface area contributed by atoms with Crippen LogP contribution in [0.4, 0.5) is 4.39 Å². The summed E-state index contributed by atoms with van der Waals surface area (Å²) in [6.07, 6.45) is 3.35. The maximum atomic E-state index is 13.9. The molecule has 10 heteroatoms. The van der Waals surface area contributed by atoms with E-state index < -0.39 is 7.37 Å². The molecule has 0 aliphatic carbocycles. The average Bonchev–Trinajstić information content (AvgIpc) is 3.37. The predicted molar refractivity (Wildman–Crippen MR) is 115 cm³/mol. The number of pyridine rings is 1. The molecule has 8 nitrogen and oxygen atoms in total. The van der Waals surface area contributed by atoms with Crippen molar-refractivity contribution in [2.45, 2.75) is 6.54 Å². The Kier molecular flexibility index (Phi) is 4.64. The van der Waals surface area contributed by atoms with Crippen molar-refractivity contribution in [3.05, 3.63) is 72.4 Å². The minimum atomic E-state index is -2.82. The van der Waals surface area contributed by atoms with Gasteiger partial charge in [-0.25, -0.2) is 14.6 Å². The van der Waals surface area contributed by atoms with Gasteiger partial charge in [0.15, 0.2) is 11.6 Å². The van der Waals surface area contributed by atoms with Crippen LogP contribution in [0.5, 0.6) is 0 Å². The molecule has 0 amide bonds. The molecule has 0 saturated carbocycles. The first-order chi connectivity index (χ1) is 14.9. The standard InChI is InChI=1S/C21H18FN6O2P/c1-30-31(2,29)17-8-4-15(5-9-17)18-11-23-20-21(24-18)28(26-25-20)13-14-3-6-16-7-10-19(22)27(16)12-14/h3-12H,13H2,1-2H3. The van der Waals surface area contributed by atoms with Crippen LogP contribution in [-0.2, 0) is 15.6 Å². The fourth-order valence-electron chi connectivity index (χ4n) is 3.39. The van der Waals surface area contributed by atoms with Gasteiger partial charge in [0.1, 0.15) is 0 Å². The number of halogens is 1. The summed E-state index contributed by atoms with van der Waals surface area (Å²) in [4.78, 5) is 9.04. The first kappa shape index (κ1) is 19.5. The third kappa shape index (κ3) is 3.52. The van der Waals surface area contributed by atoms with Crippen LogP contribution in [-0.4, -0.2) is 43.1 Å². The number of fused-ring (bicyclic) bond motifs is 2. The van der Waals surface area contributed by atoms with Crippen molar-refractivity contribution in [2.24, 2.45) is 0 Å². The van der Waals surface area contributed by atoms with Crippen molar-refractivity contribution in [3.8, 4) is 11.3 Å². The van der Waals surface area contributed by atoms with E-state index in [1.54, 1.807) is 41.9 Å². The first-order valence-electron chi connectivity index (χ1n) is 9.50. The second-order valence-electron chi connectivity index (χ2n) is 7.21. The van der Waals surface area contributed by atoms with Crippen LogP contribution in [0, 0.1) is 5.95 Å². The second kappa shape index (κ2) is 7.37. The van der Waals surface area contributed by atoms with Crippen LogP contribution in [0.2, 0.25) is 0 Å². The van der Waals surface area contributed by atoms with Gasteiger partial charge in [-0.3, -0.25) is 8.97 Å². The Hall–Kier alpha value is -3.42. The summed E-state index contributed by atoms with van der Waals surface area (Å²) < 4.78 is 34.5. The van der Waals surface area contributed by atoms with Crippen LogP contribution in [0.15, 0.2) is 60.9 Å². The van der Waals surface area contributed by atoms with Crippen molar-refractivity contribution in [3.63, 3.8) is 0 Å². The lowest BCUT2D eigenvalue weighted by Gasteiger charge is -2.11. The lowest BCUT2D eigenvalue weighted by atomic mass is 10.2. The van der Waals surface area contributed by atoms with E-state index in [0.717, 1.165) is 16.6 Å². The van der Waals surface area contributed by atoms with Crippen molar-refractivity contribution in [1.82, 2.24) is 29.4 Å². The average molecular weight is 436 g/mol. The minimum absolute atomic E-state index is 0.323. The van der Waals surface area contributed by atoms with Gasteiger partial charge < -0.3 is 4.52 Å². The summed E-state index contributed by atoms with van der Waals surface area (Å²) >= 11 is 0. The highest BCUT2D eigenvalue weighted by atomic mass is 31.2. The first-order valence-corrected chi connectivity index (χ1v) is 11.6. The molecule has 0 aliphatic heterocycles. The van der Waals surface area contributed by atoms with Crippen LogP contribution in [0.25, 0.3) is 28.1 Å². The molecule has 1 atom stereocenters. The van der Waals surface area contributed by atoms with Crippen LogP contribution >= 0.6 is 7.37 Å². The summed E-state index contributed by atoms with van der Waals surface area (Å²) in [6, 6.07) is 14.1. The third-order valence-electron chi connectivity index (χ3n) is 5.20. The molecule has 31 heavy (non-hydrogen) atoms. The number of aromatic nitrogens is 6. The zero-order valence-corrected chi connectivity index (χ0v) is 17.7. The number of nitrogens with zero attached hydrogens (tertiary/aromatic N) is 6. The highest BCUT2D eigenvalue weighted by Crippen LogP contribution is 2.40. The molecule has 156 valence electrons. The normalized spacial score (nSPS) is 13.6. The highest BCUT2D eigenvalue weighted by Gasteiger charge is 2.17. The van der Waals surface area contributed by atoms with E-state index in [4.69, 9.17) is 4.52 Å². The van der Waals surface area contributed by atoms with E-state index in [0.29, 0.717) is 28.8 Å². The number of hydrogen-bond acceptors (Lipinski definition) is 6. The molecular formula is C21H18FN6O2P. The quantitative estimate of drug-likeness (QED) is 0.392. The molecule has 0 fully saturated rings. The molecule has 1 aromatic carbocycles. The second-order valence-corrected chi connectivity index (χ2v) is 9.79. The fourth-order valence-corrected chi connectivity index (χ4v) is 4.29. The molecule has 0 spiro atoms. The van der Waals surface area contributed by atoms with Gasteiger partial charge in [-0.2, -0.15) is 4.39 Å². The summed E-state index contributed by atoms with van der Waals surface area (Å²) in [5.74, 6) is -0.323. The SMILES string of the molecule is COP(C)(=O)c1ccc(-c2cnc3nnn(Cc4ccc5ccc(F)n5c4)c3n2)cc1. The van der Waals surface area contributed by atoms with Crippen molar-refractivity contribution < 1.29 is 13.5 Å². The van der Waals surface area contributed by atoms with E-state index in [1.807, 2.05) is 24.3 Å². The third-order valence-corrected chi connectivity index (χ3v) is 7.14. The Morgan fingerprint density at radius 2 is 1.87 bits per heavy atom. The van der Waals surface area contributed by atoms with Crippen molar-refractivity contribution in [2.75, 3.05) is 13.8 Å². The molecule has 0 aliphatic rings. The molecule has 0 radical (unpaired) electrons. The smallest absolute Gasteiger partial charge is 0.228 e. The summed E-state index contributed by atoms with van der Waals surface area (Å²) in [5, 5.41) is 8.87. The van der Waals surface area contributed by atoms with Gasteiger partial charge in [-0.15, -0.1) is 5.10 Å². The van der Waals surface area contributed by atoms with Gasteiger partial charge in [0.05, 0.1) is 18.4 Å². The molecule has 0 N–H and O–H groups in total. The number of rotatable bonds is 5. The lowest BCUT2D eigenvalue weighted by molar-refractivity contribution is 0.408. The predicted octanol–water partition coefficient (Wildman–Crippen LogP) is 3.51. The Labute approximate surface area is 176 Å². The number of benzene rings is 1. The Bertz CT molecular complexity index is 1460. The zero-order chi connectivity index (χ0) is 21.6. The molecule has 4 aromatic heterocycles. The molecule has 5 aromatic rings. The maximum absolute atomic E-state index is 13.9. The highest BCUT2D eigenvalue weighted by molar-refractivity contribution is 7.66. The van der Waals surface area contributed by atoms with E-state index in [1.165, 1.54) is 17.6 Å². The Morgan fingerprint density at radius 3 is 2.65 bits per heavy atom. The molecule has 0 bridgehead atoms. The van der Waals surface area contributed by atoms with E-state index in [9.17, 15) is 8.96 Å². The van der Waals surface area contributed by atoms with Crippen LogP contribution in [0.3, 0.4) is 0 Å². The van der Waals surface area contributed by atoms with Gasteiger partial charge in [-0.1, -0.05) is 23.4 Å². The van der Waals surface area contributed by atoms with E-state index >= 15 is 0 Å². The van der Waals surface area contributed by atoms with Crippen molar-refractivity contribution >= 4 is 29.5 Å². The fraction of sp³-hybridized carbons (Fsp3) is 0.143. The van der Waals surface area contributed by atoms with E-state index in [-0.39, 0.29) is 5.95 Å². The van der Waals surface area contributed by atoms with Crippen LogP contribution in [0.1, 0.15) is 5.56 Å². The molecule has 1 unspecified atom stereocenters. The van der Waals surface area contributed by atoms with Crippen LogP contribution < -0.4 is 5.30 Å². The lowest BCUT2D eigenvalue weighted by Crippen LogP contribution is -2.05. The minimum Gasteiger partial charge on any atom is -0.329 e. The Morgan fingerprint density at radius 1 is 1.10 bits per heavy atom. The summed E-state index contributed by atoms with van der Waals surface area (Å²) in [5.41, 5.74) is 4.03. The van der Waals surface area contributed by atoms with Crippen molar-refractivity contribution in [1.29, 1.82) is 0 Å². The number of hydrogen-bond donors (Lipinski definition) is 0. The molecule has 4 heterocycles.